The van der Waals surface area contributed by atoms with Crippen LogP contribution in [0.5, 0.6) is 0 Å². The Balaban J connectivity index is 1.48. The number of benzene rings is 3. The maximum absolute atomic E-state index is 13.0. The lowest BCUT2D eigenvalue weighted by Gasteiger charge is -2.30. The molecule has 172 valence electrons. The molecule has 0 bridgehead atoms. The summed E-state index contributed by atoms with van der Waals surface area (Å²) in [5.74, 6) is -0.115. The van der Waals surface area contributed by atoms with Crippen LogP contribution in [0, 0.1) is 0 Å². The van der Waals surface area contributed by atoms with E-state index < -0.39 is 10.0 Å². The standard InChI is InChI=1S/C26H27ClN2O3S/c1-19(9-10-20-6-3-2-4-7-20)28-33(31,32)24-15-16-25-22(18-24)8-5-17-29(25)26(30)21-11-13-23(27)14-12-21/h2-4,6-7,11-16,18-19,28H,5,8-10,17H2,1H3/t19-/m1/s1. The summed E-state index contributed by atoms with van der Waals surface area (Å²) in [7, 11) is -3.66. The number of nitrogens with one attached hydrogen (secondary N) is 1. The molecule has 4 rings (SSSR count). The number of halogens is 1. The SMILES string of the molecule is C[C@H](CCc1ccccc1)NS(=O)(=O)c1ccc2c(c1)CCCN2C(=O)c1ccc(Cl)cc1. The van der Waals surface area contributed by atoms with Gasteiger partial charge in [-0.15, -0.1) is 0 Å². The van der Waals surface area contributed by atoms with Crippen LogP contribution in [0.4, 0.5) is 5.69 Å². The number of carbonyl (C=O) groups excluding carboxylic acids is 1. The molecule has 0 aromatic heterocycles. The molecule has 0 unspecified atom stereocenters. The van der Waals surface area contributed by atoms with Gasteiger partial charge >= 0.3 is 0 Å². The van der Waals surface area contributed by atoms with Gasteiger partial charge < -0.3 is 4.90 Å². The van der Waals surface area contributed by atoms with E-state index in [9.17, 15) is 13.2 Å². The summed E-state index contributed by atoms with van der Waals surface area (Å²) in [6.45, 7) is 2.47. The van der Waals surface area contributed by atoms with E-state index >= 15 is 0 Å². The van der Waals surface area contributed by atoms with Gasteiger partial charge in [-0.2, -0.15) is 0 Å². The van der Waals surface area contributed by atoms with Crippen LogP contribution < -0.4 is 9.62 Å². The first-order valence-corrected chi connectivity index (χ1v) is 13.0. The highest BCUT2D eigenvalue weighted by molar-refractivity contribution is 7.89. The van der Waals surface area contributed by atoms with Gasteiger partial charge in [0.2, 0.25) is 10.0 Å². The van der Waals surface area contributed by atoms with Gasteiger partial charge in [-0.05, 0) is 86.2 Å². The Morgan fingerprint density at radius 3 is 2.52 bits per heavy atom. The summed E-state index contributed by atoms with van der Waals surface area (Å²) in [6, 6.07) is 21.6. The van der Waals surface area contributed by atoms with Crippen molar-refractivity contribution in [2.75, 3.05) is 11.4 Å². The Morgan fingerprint density at radius 2 is 1.79 bits per heavy atom. The summed E-state index contributed by atoms with van der Waals surface area (Å²) < 4.78 is 28.8. The zero-order valence-electron chi connectivity index (χ0n) is 18.5. The number of sulfonamides is 1. The van der Waals surface area contributed by atoms with Crippen LogP contribution in [0.1, 0.15) is 41.3 Å². The first-order valence-electron chi connectivity index (χ1n) is 11.1. The number of aryl methyl sites for hydroxylation is 2. The number of amides is 1. The summed E-state index contributed by atoms with van der Waals surface area (Å²) in [5, 5.41) is 0.575. The lowest BCUT2D eigenvalue weighted by Crippen LogP contribution is -2.36. The van der Waals surface area contributed by atoms with Gasteiger partial charge in [0.1, 0.15) is 0 Å². The van der Waals surface area contributed by atoms with E-state index in [2.05, 4.69) is 4.72 Å². The highest BCUT2D eigenvalue weighted by Crippen LogP contribution is 2.31. The third-order valence-electron chi connectivity index (χ3n) is 5.88. The first kappa shape index (κ1) is 23.5. The van der Waals surface area contributed by atoms with Gasteiger partial charge in [-0.1, -0.05) is 41.9 Å². The first-order chi connectivity index (χ1) is 15.8. The molecule has 0 saturated heterocycles. The van der Waals surface area contributed by atoms with E-state index in [1.807, 2.05) is 37.3 Å². The smallest absolute Gasteiger partial charge is 0.258 e. The van der Waals surface area contributed by atoms with Crippen molar-refractivity contribution >= 4 is 33.2 Å². The molecule has 0 spiro atoms. The number of carbonyl (C=O) groups is 1. The van der Waals surface area contributed by atoms with Crippen LogP contribution in [0.25, 0.3) is 0 Å². The summed E-state index contributed by atoms with van der Waals surface area (Å²) in [5.41, 5.74) is 3.36. The fourth-order valence-electron chi connectivity index (χ4n) is 4.12. The molecule has 33 heavy (non-hydrogen) atoms. The minimum Gasteiger partial charge on any atom is -0.308 e. The molecule has 1 amide bonds. The molecule has 0 aliphatic carbocycles. The average Bonchev–Trinajstić information content (AvgIpc) is 2.82. The van der Waals surface area contributed by atoms with E-state index in [0.29, 0.717) is 23.6 Å². The second-order valence-corrected chi connectivity index (χ2v) is 10.6. The largest absolute Gasteiger partial charge is 0.308 e. The Bertz CT molecular complexity index is 1230. The summed E-state index contributed by atoms with van der Waals surface area (Å²) in [4.78, 5) is 15.0. The molecule has 1 N–H and O–H groups in total. The van der Waals surface area contributed by atoms with Crippen molar-refractivity contribution in [1.29, 1.82) is 0 Å². The molecule has 3 aromatic carbocycles. The zero-order chi connectivity index (χ0) is 23.4. The molecule has 1 heterocycles. The Kier molecular flexibility index (Phi) is 7.17. The third kappa shape index (κ3) is 5.64. The third-order valence-corrected chi connectivity index (χ3v) is 7.72. The number of fused-ring (bicyclic) bond motifs is 1. The number of rotatable bonds is 7. The van der Waals surface area contributed by atoms with E-state index in [1.165, 1.54) is 5.56 Å². The van der Waals surface area contributed by atoms with E-state index in [0.717, 1.165) is 30.5 Å². The van der Waals surface area contributed by atoms with E-state index in [-0.39, 0.29) is 16.8 Å². The van der Waals surface area contributed by atoms with Crippen LogP contribution in [0.3, 0.4) is 0 Å². The molecular formula is C26H27ClN2O3S. The summed E-state index contributed by atoms with van der Waals surface area (Å²) in [6.07, 6.45) is 3.01. The van der Waals surface area contributed by atoms with Gasteiger partial charge in [0.25, 0.3) is 5.91 Å². The van der Waals surface area contributed by atoms with Crippen molar-refractivity contribution in [3.05, 3.63) is 94.5 Å². The normalized spacial score (nSPS) is 14.5. The number of anilines is 1. The number of hydrogen-bond acceptors (Lipinski definition) is 3. The van der Waals surface area contributed by atoms with Gasteiger partial charge in [0.05, 0.1) is 4.90 Å². The molecule has 1 aliphatic heterocycles. The Hall–Kier alpha value is -2.67. The van der Waals surface area contributed by atoms with E-state index in [1.54, 1.807) is 47.4 Å². The average molecular weight is 483 g/mol. The van der Waals surface area contributed by atoms with Crippen LogP contribution >= 0.6 is 11.6 Å². The van der Waals surface area contributed by atoms with Crippen LogP contribution in [0.2, 0.25) is 5.02 Å². The van der Waals surface area contributed by atoms with Gasteiger partial charge in [-0.3, -0.25) is 4.79 Å². The molecule has 0 radical (unpaired) electrons. The fraction of sp³-hybridized carbons (Fsp3) is 0.269. The molecule has 1 aliphatic rings. The van der Waals surface area contributed by atoms with Crippen LogP contribution in [0.15, 0.2) is 77.7 Å². The summed E-state index contributed by atoms with van der Waals surface area (Å²) >= 11 is 5.94. The van der Waals surface area contributed by atoms with Crippen molar-refractivity contribution in [1.82, 2.24) is 4.72 Å². The molecule has 3 aromatic rings. The monoisotopic (exact) mass is 482 g/mol. The van der Waals surface area contributed by atoms with Crippen molar-refractivity contribution in [2.24, 2.45) is 0 Å². The Morgan fingerprint density at radius 1 is 1.06 bits per heavy atom. The highest BCUT2D eigenvalue weighted by atomic mass is 35.5. The van der Waals surface area contributed by atoms with Gasteiger partial charge in [0, 0.05) is 28.9 Å². The highest BCUT2D eigenvalue weighted by Gasteiger charge is 2.26. The van der Waals surface area contributed by atoms with E-state index in [4.69, 9.17) is 11.6 Å². The predicted octanol–water partition coefficient (Wildman–Crippen LogP) is 5.23. The lowest BCUT2D eigenvalue weighted by atomic mass is 10.0. The quantitative estimate of drug-likeness (QED) is 0.501. The minimum absolute atomic E-state index is 0.115. The predicted molar refractivity (Wildman–Crippen MR) is 132 cm³/mol. The topological polar surface area (TPSA) is 66.5 Å². The molecule has 0 fully saturated rings. The second-order valence-electron chi connectivity index (χ2n) is 8.40. The van der Waals surface area contributed by atoms with Crippen molar-refractivity contribution in [2.45, 2.75) is 43.5 Å². The molecular weight excluding hydrogens is 456 g/mol. The van der Waals surface area contributed by atoms with Gasteiger partial charge in [0.15, 0.2) is 0 Å². The fourth-order valence-corrected chi connectivity index (χ4v) is 5.57. The van der Waals surface area contributed by atoms with Crippen LogP contribution in [-0.2, 0) is 22.9 Å². The van der Waals surface area contributed by atoms with Crippen molar-refractivity contribution in [3.63, 3.8) is 0 Å². The minimum atomic E-state index is -3.66. The van der Waals surface area contributed by atoms with Gasteiger partial charge in [-0.25, -0.2) is 13.1 Å². The second kappa shape index (κ2) is 10.1. The maximum Gasteiger partial charge on any atom is 0.258 e. The van der Waals surface area contributed by atoms with Crippen LogP contribution in [-0.4, -0.2) is 26.9 Å². The molecule has 5 nitrogen and oxygen atoms in total. The maximum atomic E-state index is 13.0. The molecule has 1 atom stereocenters. The number of hydrogen-bond donors (Lipinski definition) is 1. The van der Waals surface area contributed by atoms with Crippen molar-refractivity contribution in [3.8, 4) is 0 Å². The zero-order valence-corrected chi connectivity index (χ0v) is 20.1. The lowest BCUT2D eigenvalue weighted by molar-refractivity contribution is 0.0985. The number of nitrogens with zero attached hydrogens (tertiary/aromatic N) is 1. The Labute approximate surface area is 200 Å². The molecule has 7 heteroatoms. The molecule has 0 saturated carbocycles. The van der Waals surface area contributed by atoms with Crippen molar-refractivity contribution < 1.29 is 13.2 Å².